The maximum atomic E-state index is 13.7. The number of likely N-dealkylation sites (tertiary alicyclic amines) is 2. The van der Waals surface area contributed by atoms with E-state index in [1.807, 2.05) is 42.5 Å². The Kier molecular flexibility index (Phi) is 7.30. The first-order valence-corrected chi connectivity index (χ1v) is 11.7. The molecular weight excluding hydrogens is 402 g/mol. The van der Waals surface area contributed by atoms with Gasteiger partial charge in [0.25, 0.3) is 0 Å². The normalized spacial score (nSPS) is 21.5. The Morgan fingerprint density at radius 3 is 2.44 bits per heavy atom. The molecular formula is C26H33N3O3. The first kappa shape index (κ1) is 22.2. The fraction of sp³-hybridized carbons (Fsp3) is 0.462. The van der Waals surface area contributed by atoms with Crippen LogP contribution in [0.4, 0.5) is 10.5 Å². The summed E-state index contributed by atoms with van der Waals surface area (Å²) in [6, 6.07) is 17.5. The van der Waals surface area contributed by atoms with Crippen molar-refractivity contribution in [2.45, 2.75) is 44.6 Å². The van der Waals surface area contributed by atoms with Crippen LogP contribution in [-0.4, -0.2) is 48.5 Å². The minimum atomic E-state index is -0.149. The Labute approximate surface area is 190 Å². The van der Waals surface area contributed by atoms with Gasteiger partial charge in [-0.3, -0.25) is 4.79 Å². The van der Waals surface area contributed by atoms with Gasteiger partial charge in [0.2, 0.25) is 5.91 Å². The van der Waals surface area contributed by atoms with Crippen LogP contribution in [0.15, 0.2) is 54.6 Å². The highest BCUT2D eigenvalue weighted by Crippen LogP contribution is 2.33. The fourth-order valence-corrected chi connectivity index (χ4v) is 4.87. The maximum Gasteiger partial charge on any atom is 0.321 e. The summed E-state index contributed by atoms with van der Waals surface area (Å²) in [6.45, 7) is 1.94. The topological polar surface area (TPSA) is 61.9 Å². The van der Waals surface area contributed by atoms with E-state index in [4.69, 9.17) is 4.74 Å². The van der Waals surface area contributed by atoms with Crippen molar-refractivity contribution in [3.8, 4) is 5.75 Å². The van der Waals surface area contributed by atoms with Crippen molar-refractivity contribution in [2.24, 2.45) is 5.92 Å². The molecule has 6 heteroatoms. The Hall–Kier alpha value is -3.02. The van der Waals surface area contributed by atoms with Crippen molar-refractivity contribution in [3.05, 3.63) is 60.2 Å². The molecule has 2 saturated heterocycles. The molecule has 2 fully saturated rings. The van der Waals surface area contributed by atoms with Crippen molar-refractivity contribution < 1.29 is 14.3 Å². The summed E-state index contributed by atoms with van der Waals surface area (Å²) in [4.78, 5) is 30.3. The number of amides is 3. The molecule has 3 amide bonds. The molecule has 170 valence electrons. The van der Waals surface area contributed by atoms with E-state index in [0.29, 0.717) is 13.1 Å². The van der Waals surface area contributed by atoms with E-state index in [0.717, 1.165) is 62.1 Å². The van der Waals surface area contributed by atoms with E-state index in [2.05, 4.69) is 22.3 Å². The van der Waals surface area contributed by atoms with Crippen LogP contribution in [0.25, 0.3) is 0 Å². The monoisotopic (exact) mass is 435 g/mol. The van der Waals surface area contributed by atoms with E-state index in [-0.39, 0.29) is 23.9 Å². The molecule has 32 heavy (non-hydrogen) atoms. The van der Waals surface area contributed by atoms with Crippen molar-refractivity contribution in [2.75, 3.05) is 32.1 Å². The Morgan fingerprint density at radius 2 is 1.69 bits per heavy atom. The quantitative estimate of drug-likeness (QED) is 0.728. The van der Waals surface area contributed by atoms with Crippen LogP contribution in [0.2, 0.25) is 0 Å². The van der Waals surface area contributed by atoms with Gasteiger partial charge < -0.3 is 19.9 Å². The number of hydrogen-bond acceptors (Lipinski definition) is 3. The Morgan fingerprint density at radius 1 is 0.906 bits per heavy atom. The summed E-state index contributed by atoms with van der Waals surface area (Å²) in [7, 11) is 1.67. The molecule has 0 saturated carbocycles. The molecule has 2 heterocycles. The highest BCUT2D eigenvalue weighted by Gasteiger charge is 2.35. The zero-order chi connectivity index (χ0) is 22.3. The highest BCUT2D eigenvalue weighted by molar-refractivity contribution is 5.90. The Balaban J connectivity index is 1.46. The number of carbonyl (C=O) groups excluding carboxylic acids is 2. The van der Waals surface area contributed by atoms with Crippen LogP contribution in [-0.2, 0) is 4.79 Å². The van der Waals surface area contributed by atoms with Crippen molar-refractivity contribution in [1.29, 1.82) is 0 Å². The summed E-state index contributed by atoms with van der Waals surface area (Å²) >= 11 is 0. The first-order chi connectivity index (χ1) is 15.7. The number of nitrogens with zero attached hydrogens (tertiary/aromatic N) is 2. The summed E-state index contributed by atoms with van der Waals surface area (Å²) < 4.78 is 5.30. The minimum Gasteiger partial charge on any atom is -0.497 e. The number of para-hydroxylation sites is 1. The third-order valence-corrected chi connectivity index (χ3v) is 6.62. The van der Waals surface area contributed by atoms with E-state index < -0.39 is 0 Å². The summed E-state index contributed by atoms with van der Waals surface area (Å²) in [6.07, 6.45) is 5.95. The molecule has 2 atom stereocenters. The van der Waals surface area contributed by atoms with Gasteiger partial charge in [-0.25, -0.2) is 4.79 Å². The SMILES string of the molecule is COc1ccc([C@H]2CCCCCN2C(=O)[C@H]2CCCN(C(=O)Nc3ccccc3)C2)cc1. The van der Waals surface area contributed by atoms with Crippen molar-refractivity contribution in [3.63, 3.8) is 0 Å². The highest BCUT2D eigenvalue weighted by atomic mass is 16.5. The van der Waals surface area contributed by atoms with Gasteiger partial charge in [0.05, 0.1) is 19.1 Å². The average Bonchev–Trinajstić information content (AvgIpc) is 3.10. The van der Waals surface area contributed by atoms with Crippen LogP contribution in [0.5, 0.6) is 5.75 Å². The third kappa shape index (κ3) is 5.23. The molecule has 0 radical (unpaired) electrons. The van der Waals surface area contributed by atoms with Gasteiger partial charge >= 0.3 is 6.03 Å². The van der Waals surface area contributed by atoms with Gasteiger partial charge in [0, 0.05) is 25.3 Å². The number of nitrogens with one attached hydrogen (secondary N) is 1. The van der Waals surface area contributed by atoms with Crippen LogP contribution in [0.3, 0.4) is 0 Å². The molecule has 0 unspecified atom stereocenters. The number of urea groups is 1. The zero-order valence-electron chi connectivity index (χ0n) is 18.8. The van der Waals surface area contributed by atoms with Gasteiger partial charge in [0.1, 0.15) is 5.75 Å². The zero-order valence-corrected chi connectivity index (χ0v) is 18.8. The number of benzene rings is 2. The number of hydrogen-bond donors (Lipinski definition) is 1. The second-order valence-electron chi connectivity index (χ2n) is 8.75. The van der Waals surface area contributed by atoms with Crippen LogP contribution >= 0.6 is 0 Å². The summed E-state index contributed by atoms with van der Waals surface area (Å²) in [5, 5.41) is 2.96. The average molecular weight is 436 g/mol. The Bertz CT molecular complexity index is 900. The van der Waals surface area contributed by atoms with Crippen molar-refractivity contribution >= 4 is 17.6 Å². The van der Waals surface area contributed by atoms with E-state index >= 15 is 0 Å². The third-order valence-electron chi connectivity index (χ3n) is 6.62. The molecule has 0 aromatic heterocycles. The second kappa shape index (κ2) is 10.5. The molecule has 0 bridgehead atoms. The van der Waals surface area contributed by atoms with Gasteiger partial charge in [-0.2, -0.15) is 0 Å². The number of ether oxygens (including phenoxy) is 1. The minimum absolute atomic E-state index is 0.0874. The fourth-order valence-electron chi connectivity index (χ4n) is 4.87. The molecule has 1 N–H and O–H groups in total. The molecule has 2 aromatic carbocycles. The maximum absolute atomic E-state index is 13.7. The van der Waals surface area contributed by atoms with Crippen LogP contribution in [0.1, 0.15) is 50.1 Å². The molecule has 2 aromatic rings. The lowest BCUT2D eigenvalue weighted by Crippen LogP contribution is -2.48. The molecule has 2 aliphatic rings. The largest absolute Gasteiger partial charge is 0.497 e. The predicted octanol–water partition coefficient (Wildman–Crippen LogP) is 5.08. The number of piperidine rings is 1. The summed E-state index contributed by atoms with van der Waals surface area (Å²) in [5.74, 6) is 0.863. The lowest BCUT2D eigenvalue weighted by molar-refractivity contribution is -0.139. The molecule has 6 nitrogen and oxygen atoms in total. The molecule has 4 rings (SSSR count). The molecule has 0 spiro atoms. The number of rotatable bonds is 4. The smallest absolute Gasteiger partial charge is 0.321 e. The van der Waals surface area contributed by atoms with Gasteiger partial charge in [-0.05, 0) is 55.5 Å². The van der Waals surface area contributed by atoms with E-state index in [1.165, 1.54) is 0 Å². The van der Waals surface area contributed by atoms with Gasteiger partial charge in [-0.1, -0.05) is 43.2 Å². The predicted molar refractivity (Wildman–Crippen MR) is 126 cm³/mol. The number of methoxy groups -OCH3 is 1. The summed E-state index contributed by atoms with van der Waals surface area (Å²) in [5.41, 5.74) is 1.94. The molecule has 2 aliphatic heterocycles. The standard InChI is InChI=1S/C26H33N3O3/c1-32-23-15-13-20(14-16-23)24-12-6-3-7-18-29(24)25(30)21-9-8-17-28(19-21)26(31)27-22-10-4-2-5-11-22/h2,4-5,10-11,13-16,21,24H,3,6-9,12,17-19H2,1H3,(H,27,31)/t21-,24+/m0/s1. The lowest BCUT2D eigenvalue weighted by atomic mass is 9.94. The molecule has 0 aliphatic carbocycles. The van der Waals surface area contributed by atoms with Crippen molar-refractivity contribution in [1.82, 2.24) is 9.80 Å². The number of anilines is 1. The van der Waals surface area contributed by atoms with Gasteiger partial charge in [0.15, 0.2) is 0 Å². The first-order valence-electron chi connectivity index (χ1n) is 11.7. The van der Waals surface area contributed by atoms with Crippen LogP contribution < -0.4 is 10.1 Å². The lowest BCUT2D eigenvalue weighted by Gasteiger charge is -2.37. The van der Waals surface area contributed by atoms with E-state index in [9.17, 15) is 9.59 Å². The van der Waals surface area contributed by atoms with Gasteiger partial charge in [-0.15, -0.1) is 0 Å². The second-order valence-corrected chi connectivity index (χ2v) is 8.75. The van der Waals surface area contributed by atoms with E-state index in [1.54, 1.807) is 12.0 Å². The van der Waals surface area contributed by atoms with Crippen LogP contribution in [0, 0.1) is 5.92 Å². The number of carbonyl (C=O) groups is 2.